The number of likely N-dealkylation sites (tertiary alicyclic amines) is 1. The minimum Gasteiger partial charge on any atom is -0.326 e. The van der Waals surface area contributed by atoms with E-state index < -0.39 is 0 Å². The summed E-state index contributed by atoms with van der Waals surface area (Å²) in [6.45, 7) is 7.60. The van der Waals surface area contributed by atoms with Crippen LogP contribution in [0, 0.1) is 6.92 Å². The first-order chi connectivity index (χ1) is 7.74. The summed E-state index contributed by atoms with van der Waals surface area (Å²) in [5, 5.41) is 0. The molecule has 1 fully saturated rings. The third-order valence-corrected chi connectivity index (χ3v) is 4.73. The summed E-state index contributed by atoms with van der Waals surface area (Å²) in [4.78, 5) is 5.40. The lowest BCUT2D eigenvalue weighted by atomic mass is 10.1. The van der Waals surface area contributed by atoms with Gasteiger partial charge in [-0.2, -0.15) is 0 Å². The smallest absolute Gasteiger partial charge is 0.0274 e. The van der Waals surface area contributed by atoms with Crippen molar-refractivity contribution in [2.75, 3.05) is 6.54 Å². The van der Waals surface area contributed by atoms with E-state index in [4.69, 9.17) is 5.73 Å². The Hall–Kier alpha value is -0.380. The molecule has 90 valence electrons. The Labute approximate surface area is 102 Å². The van der Waals surface area contributed by atoms with Crippen LogP contribution < -0.4 is 5.73 Å². The first-order valence-corrected chi connectivity index (χ1v) is 7.08. The highest BCUT2D eigenvalue weighted by atomic mass is 32.1. The molecule has 2 N–H and O–H groups in total. The molecule has 16 heavy (non-hydrogen) atoms. The van der Waals surface area contributed by atoms with Gasteiger partial charge in [-0.3, -0.25) is 4.90 Å². The van der Waals surface area contributed by atoms with Crippen LogP contribution in [0.4, 0.5) is 0 Å². The van der Waals surface area contributed by atoms with Gasteiger partial charge in [-0.05, 0) is 44.4 Å². The lowest BCUT2D eigenvalue weighted by molar-refractivity contribution is 0.240. The fraction of sp³-hybridized carbons (Fsp3) is 0.692. The molecule has 1 saturated heterocycles. The van der Waals surface area contributed by atoms with Gasteiger partial charge in [0.15, 0.2) is 0 Å². The third-order valence-electron chi connectivity index (χ3n) is 3.62. The van der Waals surface area contributed by atoms with E-state index in [1.807, 2.05) is 11.3 Å². The fourth-order valence-corrected chi connectivity index (χ4v) is 3.56. The van der Waals surface area contributed by atoms with Gasteiger partial charge in [-0.1, -0.05) is 6.92 Å². The molecule has 1 atom stereocenters. The number of nitrogens with two attached hydrogens (primary N) is 1. The average Bonchev–Trinajstić information content (AvgIpc) is 2.86. The van der Waals surface area contributed by atoms with Crippen molar-refractivity contribution < 1.29 is 0 Å². The minimum atomic E-state index is 0.683. The molecule has 0 radical (unpaired) electrons. The van der Waals surface area contributed by atoms with E-state index in [-0.39, 0.29) is 0 Å². The zero-order chi connectivity index (χ0) is 11.5. The molecule has 1 aromatic heterocycles. The first kappa shape index (κ1) is 12.1. The van der Waals surface area contributed by atoms with E-state index in [2.05, 4.69) is 24.8 Å². The van der Waals surface area contributed by atoms with Crippen molar-refractivity contribution in [3.05, 3.63) is 21.4 Å². The summed E-state index contributed by atoms with van der Waals surface area (Å²) < 4.78 is 0. The Morgan fingerprint density at radius 1 is 1.56 bits per heavy atom. The number of nitrogens with zero attached hydrogens (tertiary/aromatic N) is 1. The van der Waals surface area contributed by atoms with Crippen LogP contribution >= 0.6 is 11.3 Å². The summed E-state index contributed by atoms with van der Waals surface area (Å²) in [5.74, 6) is 0. The molecule has 2 heterocycles. The highest BCUT2D eigenvalue weighted by molar-refractivity contribution is 7.12. The van der Waals surface area contributed by atoms with Gasteiger partial charge < -0.3 is 5.73 Å². The van der Waals surface area contributed by atoms with Crippen LogP contribution in [0.2, 0.25) is 0 Å². The van der Waals surface area contributed by atoms with E-state index in [1.165, 1.54) is 41.1 Å². The zero-order valence-electron chi connectivity index (χ0n) is 10.3. The summed E-state index contributed by atoms with van der Waals surface area (Å²) >= 11 is 1.85. The third kappa shape index (κ3) is 2.47. The topological polar surface area (TPSA) is 29.3 Å². The molecule has 1 aliphatic rings. The molecule has 1 aromatic rings. The van der Waals surface area contributed by atoms with Gasteiger partial charge in [-0.25, -0.2) is 0 Å². The molecule has 1 aliphatic heterocycles. The van der Waals surface area contributed by atoms with Gasteiger partial charge in [0.2, 0.25) is 0 Å². The molecule has 0 bridgehead atoms. The molecule has 0 amide bonds. The number of aryl methyl sites for hydroxylation is 1. The second-order valence-electron chi connectivity index (χ2n) is 4.67. The second-order valence-corrected chi connectivity index (χ2v) is 6.01. The van der Waals surface area contributed by atoms with Crippen molar-refractivity contribution in [1.82, 2.24) is 4.90 Å². The predicted molar refractivity (Wildman–Crippen MR) is 70.7 cm³/mol. The maximum Gasteiger partial charge on any atom is 0.0274 e. The molecule has 0 spiro atoms. The molecule has 1 unspecified atom stereocenters. The monoisotopic (exact) mass is 238 g/mol. The van der Waals surface area contributed by atoms with E-state index in [1.54, 1.807) is 0 Å². The molecule has 0 saturated carbocycles. The minimum absolute atomic E-state index is 0.683. The number of hydrogen-bond acceptors (Lipinski definition) is 3. The highest BCUT2D eigenvalue weighted by Crippen LogP contribution is 2.27. The van der Waals surface area contributed by atoms with Crippen LogP contribution in [0.3, 0.4) is 0 Å². The molecular weight excluding hydrogens is 216 g/mol. The maximum absolute atomic E-state index is 5.69. The van der Waals surface area contributed by atoms with Crippen molar-refractivity contribution in [2.24, 2.45) is 5.73 Å². The van der Waals surface area contributed by atoms with Gasteiger partial charge in [0.05, 0.1) is 0 Å². The molecule has 3 heteroatoms. The van der Waals surface area contributed by atoms with Crippen molar-refractivity contribution in [3.63, 3.8) is 0 Å². The standard InChI is InChI=1S/C13H22N2S/c1-3-12-5-4-6-15(12)9-11-7-13(8-14)16-10(11)2/h7,12H,3-6,8-9,14H2,1-2H3. The van der Waals surface area contributed by atoms with Crippen molar-refractivity contribution in [3.8, 4) is 0 Å². The predicted octanol–water partition coefficient (Wildman–Crippen LogP) is 2.89. The van der Waals surface area contributed by atoms with Crippen molar-refractivity contribution in [1.29, 1.82) is 0 Å². The molecule has 0 aliphatic carbocycles. The summed E-state index contributed by atoms with van der Waals surface area (Å²) in [5.41, 5.74) is 7.18. The second kappa shape index (κ2) is 5.30. The van der Waals surface area contributed by atoms with Crippen molar-refractivity contribution in [2.45, 2.75) is 52.2 Å². The number of thiophene rings is 1. The lowest BCUT2D eigenvalue weighted by Gasteiger charge is -2.23. The Morgan fingerprint density at radius 3 is 3.00 bits per heavy atom. The SMILES string of the molecule is CCC1CCCN1Cc1cc(CN)sc1C. The maximum atomic E-state index is 5.69. The van der Waals surface area contributed by atoms with Gasteiger partial charge >= 0.3 is 0 Å². The van der Waals surface area contributed by atoms with E-state index in [0.29, 0.717) is 6.54 Å². The summed E-state index contributed by atoms with van der Waals surface area (Å²) in [6.07, 6.45) is 4.03. The van der Waals surface area contributed by atoms with Gasteiger partial charge in [0, 0.05) is 28.9 Å². The van der Waals surface area contributed by atoms with E-state index in [9.17, 15) is 0 Å². The fourth-order valence-electron chi connectivity index (χ4n) is 2.63. The zero-order valence-corrected chi connectivity index (χ0v) is 11.1. The lowest BCUT2D eigenvalue weighted by Crippen LogP contribution is -2.28. The molecule has 2 nitrogen and oxygen atoms in total. The van der Waals surface area contributed by atoms with Crippen LogP contribution in [0.15, 0.2) is 6.07 Å². The Balaban J connectivity index is 2.05. The summed E-state index contributed by atoms with van der Waals surface area (Å²) in [6, 6.07) is 3.10. The van der Waals surface area contributed by atoms with Crippen LogP contribution in [0.25, 0.3) is 0 Å². The van der Waals surface area contributed by atoms with Crippen LogP contribution in [0.5, 0.6) is 0 Å². The number of hydrogen-bond donors (Lipinski definition) is 1. The molecule has 0 aromatic carbocycles. The molecule has 2 rings (SSSR count). The quantitative estimate of drug-likeness (QED) is 0.874. The van der Waals surface area contributed by atoms with Crippen LogP contribution in [-0.2, 0) is 13.1 Å². The Bertz CT molecular complexity index is 346. The Morgan fingerprint density at radius 2 is 2.38 bits per heavy atom. The van der Waals surface area contributed by atoms with E-state index >= 15 is 0 Å². The van der Waals surface area contributed by atoms with Gasteiger partial charge in [0.1, 0.15) is 0 Å². The van der Waals surface area contributed by atoms with Gasteiger partial charge in [0.25, 0.3) is 0 Å². The van der Waals surface area contributed by atoms with Gasteiger partial charge in [-0.15, -0.1) is 11.3 Å². The van der Waals surface area contributed by atoms with E-state index in [0.717, 1.165) is 12.6 Å². The molecular formula is C13H22N2S. The number of rotatable bonds is 4. The van der Waals surface area contributed by atoms with Crippen molar-refractivity contribution >= 4 is 11.3 Å². The first-order valence-electron chi connectivity index (χ1n) is 6.27. The average molecular weight is 238 g/mol. The highest BCUT2D eigenvalue weighted by Gasteiger charge is 2.23. The van der Waals surface area contributed by atoms with Crippen LogP contribution in [0.1, 0.15) is 41.5 Å². The largest absolute Gasteiger partial charge is 0.326 e. The van der Waals surface area contributed by atoms with Crippen LogP contribution in [-0.4, -0.2) is 17.5 Å². The normalized spacial score (nSPS) is 21.8. The summed E-state index contributed by atoms with van der Waals surface area (Å²) in [7, 11) is 0. The Kier molecular flexibility index (Phi) is 4.00.